The van der Waals surface area contributed by atoms with Crippen LogP contribution >= 0.6 is 11.8 Å². The molecule has 3 N–H and O–H groups in total. The summed E-state index contributed by atoms with van der Waals surface area (Å²) in [5, 5.41) is 2.82. The lowest BCUT2D eigenvalue weighted by atomic mass is 10.2. The van der Waals surface area contributed by atoms with Crippen LogP contribution in [0.1, 0.15) is 19.3 Å². The van der Waals surface area contributed by atoms with E-state index in [0.29, 0.717) is 6.54 Å². The second-order valence-corrected chi connectivity index (χ2v) is 4.36. The van der Waals surface area contributed by atoms with E-state index in [4.69, 9.17) is 10.5 Å². The predicted octanol–water partition coefficient (Wildman–Crippen LogP) is 0.610. The fourth-order valence-corrected chi connectivity index (χ4v) is 1.58. The molecule has 0 saturated carbocycles. The van der Waals surface area contributed by atoms with Crippen LogP contribution in [0, 0.1) is 0 Å². The van der Waals surface area contributed by atoms with Gasteiger partial charge in [-0.2, -0.15) is 11.8 Å². The number of nitrogens with two attached hydrogens (primary N) is 1. The lowest BCUT2D eigenvalue weighted by Gasteiger charge is -2.11. The Bertz CT molecular complexity index is 168. The number of unbranched alkanes of at least 4 members (excludes halogenated alkanes) is 1. The summed E-state index contributed by atoms with van der Waals surface area (Å²) in [6.07, 6.45) is 4.66. The van der Waals surface area contributed by atoms with E-state index in [1.165, 1.54) is 0 Å². The van der Waals surface area contributed by atoms with E-state index in [1.807, 2.05) is 6.26 Å². The minimum atomic E-state index is -0.361. The number of carbonyl (C=O) groups is 1. The molecule has 0 heterocycles. The van der Waals surface area contributed by atoms with Crippen molar-refractivity contribution in [3.8, 4) is 0 Å². The molecule has 5 heteroatoms. The largest absolute Gasteiger partial charge is 0.385 e. The van der Waals surface area contributed by atoms with Gasteiger partial charge in [0.2, 0.25) is 5.91 Å². The lowest BCUT2D eigenvalue weighted by Crippen LogP contribution is -2.41. The smallest absolute Gasteiger partial charge is 0.236 e. The van der Waals surface area contributed by atoms with Crippen molar-refractivity contribution in [1.29, 1.82) is 0 Å². The van der Waals surface area contributed by atoms with E-state index in [2.05, 4.69) is 5.32 Å². The summed E-state index contributed by atoms with van der Waals surface area (Å²) in [6.45, 7) is 1.43. The second-order valence-electron chi connectivity index (χ2n) is 3.38. The van der Waals surface area contributed by atoms with E-state index in [-0.39, 0.29) is 11.9 Å². The standard InChI is InChI=1S/C10H22N2O2S/c1-14-7-4-3-6-12-10(13)9(11)5-8-15-2/h9H,3-8,11H2,1-2H3,(H,12,13)/t9-/m1/s1. The first-order chi connectivity index (χ1) is 7.22. The van der Waals surface area contributed by atoms with Crippen LogP contribution < -0.4 is 11.1 Å². The molecule has 15 heavy (non-hydrogen) atoms. The Hall–Kier alpha value is -0.260. The molecule has 0 aliphatic heterocycles. The van der Waals surface area contributed by atoms with Crippen molar-refractivity contribution in [2.75, 3.05) is 32.3 Å². The van der Waals surface area contributed by atoms with Crippen LogP contribution in [0.4, 0.5) is 0 Å². The molecule has 0 aromatic rings. The molecule has 0 radical (unpaired) electrons. The van der Waals surface area contributed by atoms with Crippen LogP contribution in [0.15, 0.2) is 0 Å². The number of carbonyl (C=O) groups excluding carboxylic acids is 1. The molecule has 0 rings (SSSR count). The number of amides is 1. The molecule has 0 spiro atoms. The molecular formula is C10H22N2O2S. The maximum Gasteiger partial charge on any atom is 0.236 e. The Morgan fingerprint density at radius 1 is 1.53 bits per heavy atom. The van der Waals surface area contributed by atoms with Crippen molar-refractivity contribution in [1.82, 2.24) is 5.32 Å². The highest BCUT2D eigenvalue weighted by molar-refractivity contribution is 7.98. The van der Waals surface area contributed by atoms with Gasteiger partial charge in [0, 0.05) is 20.3 Å². The van der Waals surface area contributed by atoms with Gasteiger partial charge in [0.1, 0.15) is 0 Å². The lowest BCUT2D eigenvalue weighted by molar-refractivity contribution is -0.122. The third-order valence-corrected chi connectivity index (χ3v) is 2.69. The molecule has 0 unspecified atom stereocenters. The molecule has 1 amide bonds. The molecule has 4 nitrogen and oxygen atoms in total. The molecular weight excluding hydrogens is 212 g/mol. The summed E-state index contributed by atoms with van der Waals surface area (Å²) in [5.41, 5.74) is 5.69. The highest BCUT2D eigenvalue weighted by atomic mass is 32.2. The first kappa shape index (κ1) is 14.7. The Labute approximate surface area is 96.3 Å². The molecule has 0 aromatic heterocycles. The summed E-state index contributed by atoms with van der Waals surface area (Å²) in [4.78, 5) is 11.4. The topological polar surface area (TPSA) is 64.3 Å². The highest BCUT2D eigenvalue weighted by Gasteiger charge is 2.11. The monoisotopic (exact) mass is 234 g/mol. The van der Waals surface area contributed by atoms with Gasteiger partial charge in [0.15, 0.2) is 0 Å². The van der Waals surface area contributed by atoms with E-state index < -0.39 is 0 Å². The van der Waals surface area contributed by atoms with Gasteiger partial charge in [-0.05, 0) is 31.3 Å². The van der Waals surface area contributed by atoms with Crippen LogP contribution in [0.2, 0.25) is 0 Å². The quantitative estimate of drug-likeness (QED) is 0.574. The predicted molar refractivity (Wildman–Crippen MR) is 65.1 cm³/mol. The molecule has 0 aliphatic carbocycles. The van der Waals surface area contributed by atoms with Gasteiger partial charge in [0.25, 0.3) is 0 Å². The van der Waals surface area contributed by atoms with Crippen molar-refractivity contribution < 1.29 is 9.53 Å². The van der Waals surface area contributed by atoms with E-state index in [1.54, 1.807) is 18.9 Å². The van der Waals surface area contributed by atoms with Gasteiger partial charge < -0.3 is 15.8 Å². The van der Waals surface area contributed by atoms with Crippen molar-refractivity contribution in [3.05, 3.63) is 0 Å². The molecule has 0 bridgehead atoms. The number of thioether (sulfide) groups is 1. The number of ether oxygens (including phenoxy) is 1. The average molecular weight is 234 g/mol. The maximum atomic E-state index is 11.4. The number of hydrogen-bond acceptors (Lipinski definition) is 4. The van der Waals surface area contributed by atoms with Crippen LogP contribution in [0.25, 0.3) is 0 Å². The molecule has 0 aliphatic rings. The first-order valence-corrected chi connectivity index (χ1v) is 6.63. The zero-order valence-electron chi connectivity index (χ0n) is 9.62. The van der Waals surface area contributed by atoms with Crippen molar-refractivity contribution >= 4 is 17.7 Å². The summed E-state index contributed by atoms with van der Waals surface area (Å²) < 4.78 is 4.91. The summed E-state index contributed by atoms with van der Waals surface area (Å²) in [6, 6.07) is -0.361. The zero-order valence-corrected chi connectivity index (χ0v) is 10.4. The van der Waals surface area contributed by atoms with E-state index in [9.17, 15) is 4.79 Å². The molecule has 90 valence electrons. The van der Waals surface area contributed by atoms with Crippen molar-refractivity contribution in [2.24, 2.45) is 5.73 Å². The molecule has 0 fully saturated rings. The minimum absolute atomic E-state index is 0.0403. The first-order valence-electron chi connectivity index (χ1n) is 5.23. The minimum Gasteiger partial charge on any atom is -0.385 e. The van der Waals surface area contributed by atoms with Gasteiger partial charge in [0.05, 0.1) is 6.04 Å². The molecule has 0 saturated heterocycles. The molecule has 0 aromatic carbocycles. The molecule has 1 atom stereocenters. The second kappa shape index (κ2) is 10.3. The number of methoxy groups -OCH3 is 1. The van der Waals surface area contributed by atoms with Crippen LogP contribution in [0.5, 0.6) is 0 Å². The van der Waals surface area contributed by atoms with Gasteiger partial charge in [-0.3, -0.25) is 4.79 Å². The Morgan fingerprint density at radius 2 is 2.27 bits per heavy atom. The number of rotatable bonds is 9. The summed E-state index contributed by atoms with van der Waals surface area (Å²) in [5.74, 6) is 0.889. The van der Waals surface area contributed by atoms with Gasteiger partial charge in [-0.15, -0.1) is 0 Å². The summed E-state index contributed by atoms with van der Waals surface area (Å²) in [7, 11) is 1.68. The Balaban J connectivity index is 3.38. The van der Waals surface area contributed by atoms with Gasteiger partial charge in [-0.25, -0.2) is 0 Å². The van der Waals surface area contributed by atoms with Crippen molar-refractivity contribution in [3.63, 3.8) is 0 Å². The third kappa shape index (κ3) is 8.72. The number of nitrogens with one attached hydrogen (secondary N) is 1. The number of hydrogen-bond donors (Lipinski definition) is 2. The fraction of sp³-hybridized carbons (Fsp3) is 0.900. The van der Waals surface area contributed by atoms with E-state index in [0.717, 1.165) is 31.6 Å². The van der Waals surface area contributed by atoms with Gasteiger partial charge in [-0.1, -0.05) is 0 Å². The SMILES string of the molecule is COCCCCNC(=O)[C@H](N)CCSC. The average Bonchev–Trinajstić information content (AvgIpc) is 2.25. The normalized spacial score (nSPS) is 12.5. The van der Waals surface area contributed by atoms with Crippen molar-refractivity contribution in [2.45, 2.75) is 25.3 Å². The third-order valence-electron chi connectivity index (χ3n) is 2.04. The summed E-state index contributed by atoms with van der Waals surface area (Å²) >= 11 is 1.71. The van der Waals surface area contributed by atoms with Gasteiger partial charge >= 0.3 is 0 Å². The Morgan fingerprint density at radius 3 is 2.87 bits per heavy atom. The van der Waals surface area contributed by atoms with E-state index >= 15 is 0 Å². The maximum absolute atomic E-state index is 11.4. The van der Waals surface area contributed by atoms with Crippen LogP contribution in [0.3, 0.4) is 0 Å². The van der Waals surface area contributed by atoms with Crippen LogP contribution in [-0.2, 0) is 9.53 Å². The fourth-order valence-electron chi connectivity index (χ4n) is 1.09. The Kier molecular flexibility index (Phi) is 10.1. The zero-order chi connectivity index (χ0) is 11.5. The van der Waals surface area contributed by atoms with Crippen LogP contribution in [-0.4, -0.2) is 44.2 Å². The highest BCUT2D eigenvalue weighted by Crippen LogP contribution is 1.98.